The molecule has 0 atom stereocenters. The Labute approximate surface area is 116 Å². The summed E-state index contributed by atoms with van der Waals surface area (Å²) in [6.07, 6.45) is 2.96. The topological polar surface area (TPSA) is 99.2 Å². The highest BCUT2D eigenvalue weighted by Crippen LogP contribution is 2.27. The van der Waals surface area contributed by atoms with Crippen LogP contribution in [0.1, 0.15) is 17.3 Å². The van der Waals surface area contributed by atoms with Crippen molar-refractivity contribution < 1.29 is 9.53 Å². The lowest BCUT2D eigenvalue weighted by Gasteiger charge is -2.14. The van der Waals surface area contributed by atoms with Crippen LogP contribution in [-0.4, -0.2) is 46.4 Å². The van der Waals surface area contributed by atoms with Gasteiger partial charge in [0.15, 0.2) is 11.6 Å². The van der Waals surface area contributed by atoms with Crippen LogP contribution in [0, 0.1) is 0 Å². The van der Waals surface area contributed by atoms with Gasteiger partial charge in [0.25, 0.3) is 0 Å². The number of anilines is 2. The van der Waals surface area contributed by atoms with E-state index < -0.39 is 5.97 Å². The highest BCUT2D eigenvalue weighted by atomic mass is 16.5. The summed E-state index contributed by atoms with van der Waals surface area (Å²) in [5.41, 5.74) is 6.25. The fourth-order valence-electron chi connectivity index (χ4n) is 1.72. The summed E-state index contributed by atoms with van der Waals surface area (Å²) < 4.78 is 6.17. The minimum absolute atomic E-state index is 0.186. The standard InChI is InChI=1S/C12H16N6O2/c1-4-17(2)11-9(12(19)20-3)10(13)18(16-11)8-5-6-14-7-15-8/h5-7H,4,13H2,1-3H3. The molecule has 0 aromatic carbocycles. The summed E-state index contributed by atoms with van der Waals surface area (Å²) in [6.45, 7) is 2.62. The minimum atomic E-state index is -0.530. The van der Waals surface area contributed by atoms with Gasteiger partial charge in [-0.3, -0.25) is 0 Å². The molecular formula is C12H16N6O2. The Hall–Kier alpha value is -2.64. The number of rotatable bonds is 4. The summed E-state index contributed by atoms with van der Waals surface area (Å²) in [6, 6.07) is 1.65. The second-order valence-corrected chi connectivity index (χ2v) is 4.07. The lowest BCUT2D eigenvalue weighted by atomic mass is 10.3. The maximum absolute atomic E-state index is 11.9. The SMILES string of the molecule is CCN(C)c1nn(-c2ccncn2)c(N)c1C(=O)OC. The molecule has 0 amide bonds. The van der Waals surface area contributed by atoms with Crippen molar-refractivity contribution in [2.75, 3.05) is 31.3 Å². The van der Waals surface area contributed by atoms with Gasteiger partial charge in [0, 0.05) is 25.9 Å². The second kappa shape index (κ2) is 5.55. The Bertz CT molecular complexity index is 610. The molecule has 0 unspecified atom stereocenters. The Morgan fingerprint density at radius 2 is 2.30 bits per heavy atom. The third kappa shape index (κ3) is 2.27. The van der Waals surface area contributed by atoms with Crippen LogP contribution in [0.3, 0.4) is 0 Å². The van der Waals surface area contributed by atoms with Crippen molar-refractivity contribution in [2.24, 2.45) is 0 Å². The number of ether oxygens (including phenoxy) is 1. The maximum Gasteiger partial charge on any atom is 0.345 e. The van der Waals surface area contributed by atoms with E-state index in [0.717, 1.165) is 0 Å². The molecule has 0 spiro atoms. The molecule has 0 saturated heterocycles. The van der Waals surface area contributed by atoms with Crippen molar-refractivity contribution in [2.45, 2.75) is 6.92 Å². The van der Waals surface area contributed by atoms with E-state index in [1.807, 2.05) is 14.0 Å². The summed E-state index contributed by atoms with van der Waals surface area (Å²) in [5, 5.41) is 4.35. The Balaban J connectivity index is 2.61. The third-order valence-corrected chi connectivity index (χ3v) is 2.91. The highest BCUT2D eigenvalue weighted by molar-refractivity contribution is 6.00. The van der Waals surface area contributed by atoms with Crippen LogP contribution >= 0.6 is 0 Å². The van der Waals surface area contributed by atoms with Crippen molar-refractivity contribution in [3.05, 3.63) is 24.2 Å². The van der Waals surface area contributed by atoms with E-state index in [4.69, 9.17) is 10.5 Å². The molecule has 0 aliphatic heterocycles. The second-order valence-electron chi connectivity index (χ2n) is 4.07. The predicted octanol–water partition coefficient (Wildman–Crippen LogP) is 0.487. The van der Waals surface area contributed by atoms with E-state index in [1.54, 1.807) is 17.2 Å². The van der Waals surface area contributed by atoms with Crippen LogP contribution in [-0.2, 0) is 4.74 Å². The number of nitrogen functional groups attached to an aromatic ring is 1. The third-order valence-electron chi connectivity index (χ3n) is 2.91. The molecule has 2 rings (SSSR count). The minimum Gasteiger partial charge on any atom is -0.465 e. The summed E-state index contributed by atoms with van der Waals surface area (Å²) in [7, 11) is 3.12. The number of nitrogens with two attached hydrogens (primary N) is 1. The van der Waals surface area contributed by atoms with Gasteiger partial charge in [-0.05, 0) is 6.92 Å². The number of methoxy groups -OCH3 is 1. The molecule has 0 saturated carbocycles. The van der Waals surface area contributed by atoms with Crippen LogP contribution < -0.4 is 10.6 Å². The Morgan fingerprint density at radius 3 is 2.85 bits per heavy atom. The molecule has 2 aromatic rings. The molecule has 0 radical (unpaired) electrons. The zero-order chi connectivity index (χ0) is 14.7. The van der Waals surface area contributed by atoms with E-state index in [0.29, 0.717) is 18.2 Å². The van der Waals surface area contributed by atoms with Gasteiger partial charge in [-0.2, -0.15) is 4.68 Å². The smallest absolute Gasteiger partial charge is 0.345 e. The molecule has 20 heavy (non-hydrogen) atoms. The molecule has 106 valence electrons. The molecule has 0 aliphatic carbocycles. The molecule has 2 heterocycles. The van der Waals surface area contributed by atoms with Crippen molar-refractivity contribution in [1.29, 1.82) is 0 Å². The molecule has 2 aromatic heterocycles. The number of carbonyl (C=O) groups excluding carboxylic acids is 1. The number of hydrogen-bond donors (Lipinski definition) is 1. The molecular weight excluding hydrogens is 260 g/mol. The van der Waals surface area contributed by atoms with E-state index in [9.17, 15) is 4.79 Å². The first kappa shape index (κ1) is 13.8. The van der Waals surface area contributed by atoms with Crippen LogP contribution in [0.2, 0.25) is 0 Å². The first-order valence-electron chi connectivity index (χ1n) is 6.04. The lowest BCUT2D eigenvalue weighted by molar-refractivity contribution is 0.0602. The van der Waals surface area contributed by atoms with Gasteiger partial charge in [0.05, 0.1) is 7.11 Å². The van der Waals surface area contributed by atoms with Gasteiger partial charge in [0.2, 0.25) is 0 Å². The fraction of sp³-hybridized carbons (Fsp3) is 0.333. The average molecular weight is 276 g/mol. The predicted molar refractivity (Wildman–Crippen MR) is 73.8 cm³/mol. The quantitative estimate of drug-likeness (QED) is 0.811. The number of carbonyl (C=O) groups is 1. The first-order valence-corrected chi connectivity index (χ1v) is 6.04. The largest absolute Gasteiger partial charge is 0.465 e. The zero-order valence-electron chi connectivity index (χ0n) is 11.6. The fourth-order valence-corrected chi connectivity index (χ4v) is 1.72. The van der Waals surface area contributed by atoms with E-state index in [2.05, 4.69) is 15.1 Å². The maximum atomic E-state index is 11.9. The number of aromatic nitrogens is 4. The Morgan fingerprint density at radius 1 is 1.55 bits per heavy atom. The number of esters is 1. The number of nitrogens with zero attached hydrogens (tertiary/aromatic N) is 5. The van der Waals surface area contributed by atoms with Gasteiger partial charge in [-0.25, -0.2) is 14.8 Å². The summed E-state index contributed by atoms with van der Waals surface area (Å²) >= 11 is 0. The van der Waals surface area contributed by atoms with Gasteiger partial charge in [-0.1, -0.05) is 0 Å². The molecule has 8 heteroatoms. The van der Waals surface area contributed by atoms with E-state index in [1.165, 1.54) is 18.1 Å². The van der Waals surface area contributed by atoms with Crippen LogP contribution in [0.15, 0.2) is 18.6 Å². The van der Waals surface area contributed by atoms with Gasteiger partial charge >= 0.3 is 5.97 Å². The molecule has 0 fully saturated rings. The lowest BCUT2D eigenvalue weighted by Crippen LogP contribution is -2.19. The normalized spacial score (nSPS) is 10.3. The van der Waals surface area contributed by atoms with Crippen molar-refractivity contribution in [3.63, 3.8) is 0 Å². The van der Waals surface area contributed by atoms with Crippen LogP contribution in [0.4, 0.5) is 11.6 Å². The average Bonchev–Trinajstić information content (AvgIpc) is 2.84. The van der Waals surface area contributed by atoms with E-state index >= 15 is 0 Å². The van der Waals surface area contributed by atoms with Crippen LogP contribution in [0.5, 0.6) is 0 Å². The zero-order valence-corrected chi connectivity index (χ0v) is 11.6. The molecule has 8 nitrogen and oxygen atoms in total. The molecule has 2 N–H and O–H groups in total. The summed E-state index contributed by atoms with van der Waals surface area (Å²) in [5.74, 6) is 0.595. The molecule has 0 aliphatic rings. The van der Waals surface area contributed by atoms with E-state index in [-0.39, 0.29) is 11.4 Å². The van der Waals surface area contributed by atoms with Crippen LogP contribution in [0.25, 0.3) is 5.82 Å². The van der Waals surface area contributed by atoms with Crippen molar-refractivity contribution >= 4 is 17.6 Å². The van der Waals surface area contributed by atoms with Gasteiger partial charge in [-0.15, -0.1) is 5.10 Å². The highest BCUT2D eigenvalue weighted by Gasteiger charge is 2.25. The first-order chi connectivity index (χ1) is 9.60. The Kier molecular flexibility index (Phi) is 3.83. The number of hydrogen-bond acceptors (Lipinski definition) is 7. The van der Waals surface area contributed by atoms with Crippen molar-refractivity contribution in [3.8, 4) is 5.82 Å². The van der Waals surface area contributed by atoms with Crippen molar-refractivity contribution in [1.82, 2.24) is 19.7 Å². The van der Waals surface area contributed by atoms with Gasteiger partial charge < -0.3 is 15.4 Å². The molecule has 0 bridgehead atoms. The van der Waals surface area contributed by atoms with Gasteiger partial charge in [0.1, 0.15) is 17.7 Å². The summed E-state index contributed by atoms with van der Waals surface area (Å²) in [4.78, 5) is 21.6. The monoisotopic (exact) mass is 276 g/mol.